The Morgan fingerprint density at radius 3 is 2.40 bits per heavy atom. The van der Waals surface area contributed by atoms with Gasteiger partial charge >= 0.3 is 6.18 Å². The molecule has 1 aromatic carbocycles. The van der Waals surface area contributed by atoms with Crippen molar-refractivity contribution in [2.24, 2.45) is 0 Å². The lowest BCUT2D eigenvalue weighted by Gasteiger charge is -2.07. The highest BCUT2D eigenvalue weighted by atomic mass is 35.5. The van der Waals surface area contributed by atoms with Gasteiger partial charge in [-0.3, -0.25) is 4.79 Å². The Morgan fingerprint density at radius 1 is 1.15 bits per heavy atom. The highest BCUT2D eigenvalue weighted by Crippen LogP contribution is 2.26. The average Bonchev–Trinajstić information content (AvgIpc) is 2.36. The largest absolute Gasteiger partial charge is 0.433 e. The van der Waals surface area contributed by atoms with Gasteiger partial charge in [0.1, 0.15) is 5.82 Å². The monoisotopic (exact) mass is 302 g/mol. The molecular weight excluding hydrogens is 293 g/mol. The van der Waals surface area contributed by atoms with E-state index in [1.807, 2.05) is 0 Å². The molecule has 1 aromatic heterocycles. The summed E-state index contributed by atoms with van der Waals surface area (Å²) in [6, 6.07) is 7.38. The highest BCUT2D eigenvalue weighted by molar-refractivity contribution is 6.30. The first kappa shape index (κ1) is 14.6. The van der Waals surface area contributed by atoms with Crippen molar-refractivity contribution in [3.05, 3.63) is 62.8 Å². The smallest absolute Gasteiger partial charge is 0.311 e. The Hall–Kier alpha value is -1.82. The molecule has 20 heavy (non-hydrogen) atoms. The van der Waals surface area contributed by atoms with E-state index in [2.05, 4.69) is 9.97 Å². The van der Waals surface area contributed by atoms with Gasteiger partial charge < -0.3 is 4.98 Å². The second-order valence-corrected chi connectivity index (χ2v) is 4.64. The summed E-state index contributed by atoms with van der Waals surface area (Å²) in [6.07, 6.45) is -3.95. The summed E-state index contributed by atoms with van der Waals surface area (Å²) in [5.41, 5.74) is -1.08. The van der Waals surface area contributed by atoms with Gasteiger partial charge in [0.25, 0.3) is 5.56 Å². The van der Waals surface area contributed by atoms with Crippen LogP contribution in [-0.4, -0.2) is 9.97 Å². The molecule has 0 aliphatic carbocycles. The van der Waals surface area contributed by atoms with Crippen LogP contribution in [0.5, 0.6) is 0 Å². The first-order valence-electron chi connectivity index (χ1n) is 5.76. The number of hydrogen-bond donors (Lipinski definition) is 1. The van der Waals surface area contributed by atoms with Crippen LogP contribution in [0.15, 0.2) is 35.1 Å². The van der Waals surface area contributed by atoms with Crippen LogP contribution in [0.1, 0.15) is 17.1 Å². The minimum Gasteiger partial charge on any atom is -0.311 e. The maximum atomic E-state index is 12.5. The van der Waals surface area contributed by atoms with Gasteiger partial charge in [0, 0.05) is 17.5 Å². The molecule has 0 atom stereocenters. The predicted octanol–water partition coefficient (Wildman–Crippen LogP) is 3.23. The third-order valence-corrected chi connectivity index (χ3v) is 2.90. The SMILES string of the molecule is O=c1cc(C(F)(F)F)nc(CCc2ccc(Cl)cc2)[nH]1. The number of alkyl halides is 3. The summed E-state index contributed by atoms with van der Waals surface area (Å²) in [5.74, 6) is 0.0137. The van der Waals surface area contributed by atoms with Gasteiger partial charge in [-0.15, -0.1) is 0 Å². The van der Waals surface area contributed by atoms with Crippen molar-refractivity contribution in [3.63, 3.8) is 0 Å². The quantitative estimate of drug-likeness (QED) is 0.946. The molecule has 0 aliphatic heterocycles. The molecule has 2 aromatic rings. The Balaban J connectivity index is 2.15. The lowest BCUT2D eigenvalue weighted by Crippen LogP contribution is -2.18. The molecule has 1 N–H and O–H groups in total. The number of benzene rings is 1. The molecule has 0 bridgehead atoms. The molecule has 0 amide bonds. The van der Waals surface area contributed by atoms with E-state index in [9.17, 15) is 18.0 Å². The van der Waals surface area contributed by atoms with Gasteiger partial charge in [-0.2, -0.15) is 13.2 Å². The Labute approximate surface area is 117 Å². The first-order valence-corrected chi connectivity index (χ1v) is 6.14. The summed E-state index contributed by atoms with van der Waals surface area (Å²) in [4.78, 5) is 16.9. The fraction of sp³-hybridized carbons (Fsp3) is 0.231. The molecule has 0 unspecified atom stereocenters. The van der Waals surface area contributed by atoms with Crippen molar-refractivity contribution < 1.29 is 13.2 Å². The fourth-order valence-electron chi connectivity index (χ4n) is 1.69. The number of nitrogens with one attached hydrogen (secondary N) is 1. The maximum Gasteiger partial charge on any atom is 0.433 e. The predicted molar refractivity (Wildman–Crippen MR) is 68.7 cm³/mol. The molecule has 0 radical (unpaired) electrons. The number of halogens is 4. The van der Waals surface area contributed by atoms with E-state index < -0.39 is 17.4 Å². The molecule has 0 aliphatic rings. The van der Waals surface area contributed by atoms with Crippen LogP contribution in [0.25, 0.3) is 0 Å². The Bertz CT molecular complexity index is 650. The van der Waals surface area contributed by atoms with Crippen LogP contribution < -0.4 is 5.56 Å². The molecule has 0 fully saturated rings. The van der Waals surface area contributed by atoms with Gasteiger partial charge in [-0.25, -0.2) is 4.98 Å². The number of aromatic nitrogens is 2. The van der Waals surface area contributed by atoms with E-state index in [0.29, 0.717) is 17.5 Å². The lowest BCUT2D eigenvalue weighted by atomic mass is 10.1. The van der Waals surface area contributed by atoms with Crippen molar-refractivity contribution >= 4 is 11.6 Å². The average molecular weight is 303 g/mol. The zero-order chi connectivity index (χ0) is 14.8. The van der Waals surface area contributed by atoms with Crippen molar-refractivity contribution in [3.8, 4) is 0 Å². The number of aromatic amines is 1. The second kappa shape index (κ2) is 5.66. The normalized spacial score (nSPS) is 11.6. The minimum absolute atomic E-state index is 0.0137. The van der Waals surface area contributed by atoms with Crippen molar-refractivity contribution in [2.45, 2.75) is 19.0 Å². The third kappa shape index (κ3) is 3.84. The van der Waals surface area contributed by atoms with Crippen LogP contribution in [0.3, 0.4) is 0 Å². The number of H-pyrrole nitrogens is 1. The molecule has 7 heteroatoms. The summed E-state index contributed by atoms with van der Waals surface area (Å²) >= 11 is 5.74. The summed E-state index contributed by atoms with van der Waals surface area (Å²) in [7, 11) is 0. The molecule has 106 valence electrons. The summed E-state index contributed by atoms with van der Waals surface area (Å²) in [6.45, 7) is 0. The number of aryl methyl sites for hydroxylation is 2. The summed E-state index contributed by atoms with van der Waals surface area (Å²) in [5, 5.41) is 0.583. The van der Waals surface area contributed by atoms with E-state index in [1.165, 1.54) is 0 Å². The Morgan fingerprint density at radius 2 is 1.80 bits per heavy atom. The van der Waals surface area contributed by atoms with E-state index in [0.717, 1.165) is 5.56 Å². The van der Waals surface area contributed by atoms with Gasteiger partial charge in [0.15, 0.2) is 5.69 Å². The van der Waals surface area contributed by atoms with E-state index >= 15 is 0 Å². The van der Waals surface area contributed by atoms with Gasteiger partial charge in [-0.1, -0.05) is 23.7 Å². The lowest BCUT2D eigenvalue weighted by molar-refractivity contribution is -0.141. The van der Waals surface area contributed by atoms with E-state index in [-0.39, 0.29) is 12.2 Å². The standard InChI is InChI=1S/C13H10ClF3N2O/c14-9-4-1-8(2-5-9)3-6-11-18-10(13(15,16)17)7-12(20)19-11/h1-2,4-5,7H,3,6H2,(H,18,19,20). The van der Waals surface area contributed by atoms with Crippen LogP contribution in [0.2, 0.25) is 5.02 Å². The first-order chi connectivity index (χ1) is 9.34. The van der Waals surface area contributed by atoms with Gasteiger partial charge in [-0.05, 0) is 24.1 Å². The number of nitrogens with zero attached hydrogens (tertiary/aromatic N) is 1. The van der Waals surface area contributed by atoms with E-state index in [4.69, 9.17) is 11.6 Å². The third-order valence-electron chi connectivity index (χ3n) is 2.64. The van der Waals surface area contributed by atoms with Crippen molar-refractivity contribution in [2.75, 3.05) is 0 Å². The molecule has 0 saturated heterocycles. The molecule has 0 spiro atoms. The Kier molecular flexibility index (Phi) is 4.13. The number of hydrogen-bond acceptors (Lipinski definition) is 2. The van der Waals surface area contributed by atoms with Crippen LogP contribution >= 0.6 is 11.6 Å². The van der Waals surface area contributed by atoms with Crippen molar-refractivity contribution in [1.82, 2.24) is 9.97 Å². The highest BCUT2D eigenvalue weighted by Gasteiger charge is 2.33. The minimum atomic E-state index is -4.62. The topological polar surface area (TPSA) is 45.8 Å². The molecule has 1 heterocycles. The second-order valence-electron chi connectivity index (χ2n) is 4.20. The van der Waals surface area contributed by atoms with E-state index in [1.54, 1.807) is 24.3 Å². The zero-order valence-electron chi connectivity index (χ0n) is 10.2. The molecule has 3 nitrogen and oxygen atoms in total. The molecular formula is C13H10ClF3N2O. The maximum absolute atomic E-state index is 12.5. The zero-order valence-corrected chi connectivity index (χ0v) is 10.9. The van der Waals surface area contributed by atoms with Crippen LogP contribution in [0, 0.1) is 0 Å². The van der Waals surface area contributed by atoms with Crippen molar-refractivity contribution in [1.29, 1.82) is 0 Å². The van der Waals surface area contributed by atoms with Gasteiger partial charge in [0.2, 0.25) is 0 Å². The van der Waals surface area contributed by atoms with Gasteiger partial charge in [0.05, 0.1) is 0 Å². The van der Waals surface area contributed by atoms with Crippen LogP contribution in [-0.2, 0) is 19.0 Å². The fourth-order valence-corrected chi connectivity index (χ4v) is 1.81. The summed E-state index contributed by atoms with van der Waals surface area (Å²) < 4.78 is 37.6. The molecule has 2 rings (SSSR count). The van der Waals surface area contributed by atoms with Crippen LogP contribution in [0.4, 0.5) is 13.2 Å². The number of rotatable bonds is 3. The molecule has 0 saturated carbocycles.